The van der Waals surface area contributed by atoms with E-state index in [1.165, 1.54) is 12.8 Å². The predicted molar refractivity (Wildman–Crippen MR) is 94.0 cm³/mol. The molecule has 1 fully saturated rings. The average Bonchev–Trinajstić information content (AvgIpc) is 2.54. The van der Waals surface area contributed by atoms with Crippen LogP contribution in [-0.2, 0) is 14.8 Å². The van der Waals surface area contributed by atoms with Gasteiger partial charge in [0.2, 0.25) is 10.0 Å². The Labute approximate surface area is 140 Å². The Morgan fingerprint density at radius 1 is 1.30 bits per heavy atom. The smallest absolute Gasteiger partial charge is 0.213 e. The molecular formula is C15H32N4O3S. The summed E-state index contributed by atoms with van der Waals surface area (Å²) in [6.07, 6.45) is 7.63. The minimum absolute atomic E-state index is 0.00115. The van der Waals surface area contributed by atoms with Crippen molar-refractivity contribution in [2.75, 3.05) is 32.0 Å². The number of nitrogens with zero attached hydrogens (tertiary/aromatic N) is 1. The molecule has 0 amide bonds. The Morgan fingerprint density at radius 2 is 2.13 bits per heavy atom. The monoisotopic (exact) mass is 348 g/mol. The molecule has 1 rings (SSSR count). The summed E-state index contributed by atoms with van der Waals surface area (Å²) in [5, 5.41) is 2.84. The second kappa shape index (κ2) is 11.6. The fourth-order valence-electron chi connectivity index (χ4n) is 2.37. The van der Waals surface area contributed by atoms with Gasteiger partial charge in [0.1, 0.15) is 0 Å². The zero-order valence-electron chi connectivity index (χ0n) is 14.2. The number of aliphatic imine (C=N–C) groups is 1. The topological polar surface area (TPSA) is 106 Å². The van der Waals surface area contributed by atoms with Crippen molar-refractivity contribution in [1.82, 2.24) is 10.0 Å². The minimum atomic E-state index is -3.31. The van der Waals surface area contributed by atoms with Gasteiger partial charge in [-0.2, -0.15) is 0 Å². The van der Waals surface area contributed by atoms with Crippen LogP contribution in [0, 0.1) is 0 Å². The fraction of sp³-hybridized carbons (Fsp3) is 0.933. The van der Waals surface area contributed by atoms with Crippen LogP contribution >= 0.6 is 0 Å². The first-order valence-electron chi connectivity index (χ1n) is 8.66. The van der Waals surface area contributed by atoms with Gasteiger partial charge in [0.25, 0.3) is 0 Å². The highest BCUT2D eigenvalue weighted by Crippen LogP contribution is 2.11. The summed E-state index contributed by atoms with van der Waals surface area (Å²) in [6, 6.07) is 0. The predicted octanol–water partition coefficient (Wildman–Crippen LogP) is 0.960. The SMILES string of the molecule is CCCCCCN=C(N)NCCS(=O)(=O)NCC1CCCCO1. The molecule has 0 aliphatic carbocycles. The van der Waals surface area contributed by atoms with Gasteiger partial charge in [-0.05, 0) is 25.7 Å². The van der Waals surface area contributed by atoms with Crippen molar-refractivity contribution in [3.63, 3.8) is 0 Å². The third kappa shape index (κ3) is 10.5. The number of nitrogens with one attached hydrogen (secondary N) is 2. The molecule has 1 aliphatic rings. The van der Waals surface area contributed by atoms with E-state index in [-0.39, 0.29) is 18.4 Å². The molecule has 0 radical (unpaired) electrons. The Morgan fingerprint density at radius 3 is 2.83 bits per heavy atom. The van der Waals surface area contributed by atoms with E-state index in [1.54, 1.807) is 0 Å². The molecule has 8 heteroatoms. The molecule has 0 saturated carbocycles. The molecule has 136 valence electrons. The highest BCUT2D eigenvalue weighted by Gasteiger charge is 2.17. The van der Waals surface area contributed by atoms with Gasteiger partial charge in [-0.1, -0.05) is 26.2 Å². The Kier molecular flexibility index (Phi) is 10.2. The van der Waals surface area contributed by atoms with Gasteiger partial charge in [0.05, 0.1) is 11.9 Å². The lowest BCUT2D eigenvalue weighted by Crippen LogP contribution is -2.40. The highest BCUT2D eigenvalue weighted by molar-refractivity contribution is 7.89. The van der Waals surface area contributed by atoms with Crippen molar-refractivity contribution in [1.29, 1.82) is 0 Å². The van der Waals surface area contributed by atoms with Gasteiger partial charge in [0.15, 0.2) is 5.96 Å². The summed E-state index contributed by atoms with van der Waals surface area (Å²) in [7, 11) is -3.31. The molecule has 0 aromatic heterocycles. The maximum Gasteiger partial charge on any atom is 0.213 e. The van der Waals surface area contributed by atoms with Crippen molar-refractivity contribution in [3.05, 3.63) is 0 Å². The van der Waals surface area contributed by atoms with Crippen LogP contribution in [0.4, 0.5) is 0 Å². The quantitative estimate of drug-likeness (QED) is 0.293. The van der Waals surface area contributed by atoms with E-state index < -0.39 is 10.0 Å². The van der Waals surface area contributed by atoms with Crippen LogP contribution in [0.2, 0.25) is 0 Å². The largest absolute Gasteiger partial charge is 0.377 e. The zero-order chi connectivity index (χ0) is 17.0. The highest BCUT2D eigenvalue weighted by atomic mass is 32.2. The number of sulfonamides is 1. The summed E-state index contributed by atoms with van der Waals surface area (Å²) in [5.41, 5.74) is 5.71. The minimum Gasteiger partial charge on any atom is -0.377 e. The molecule has 0 bridgehead atoms. The number of unbranched alkanes of at least 4 members (excludes halogenated alkanes) is 3. The lowest BCUT2D eigenvalue weighted by Gasteiger charge is -2.22. The van der Waals surface area contributed by atoms with Crippen molar-refractivity contribution in [2.45, 2.75) is 58.0 Å². The Bertz CT molecular complexity index is 434. The lowest BCUT2D eigenvalue weighted by atomic mass is 10.1. The summed E-state index contributed by atoms with van der Waals surface area (Å²) in [5.74, 6) is 0.290. The maximum absolute atomic E-state index is 11.9. The van der Waals surface area contributed by atoms with E-state index in [4.69, 9.17) is 10.5 Å². The second-order valence-electron chi connectivity index (χ2n) is 5.91. The standard InChI is InChI=1S/C15H32N4O3S/c1-2-3-4-6-9-17-15(16)18-10-12-23(20,21)19-13-14-8-5-7-11-22-14/h14,19H,2-13H2,1H3,(H3,16,17,18). The number of rotatable bonds is 11. The van der Waals surface area contributed by atoms with Crippen LogP contribution in [0.1, 0.15) is 51.9 Å². The molecule has 1 heterocycles. The molecular weight excluding hydrogens is 316 g/mol. The van der Waals surface area contributed by atoms with E-state index in [2.05, 4.69) is 22.0 Å². The van der Waals surface area contributed by atoms with E-state index >= 15 is 0 Å². The summed E-state index contributed by atoms with van der Waals surface area (Å²) in [4.78, 5) is 4.18. The normalized spacial score (nSPS) is 19.7. The van der Waals surface area contributed by atoms with Crippen molar-refractivity contribution < 1.29 is 13.2 Å². The summed E-state index contributed by atoms with van der Waals surface area (Å²) < 4.78 is 31.9. The second-order valence-corrected chi connectivity index (χ2v) is 7.84. The van der Waals surface area contributed by atoms with Crippen LogP contribution in [0.15, 0.2) is 4.99 Å². The van der Waals surface area contributed by atoms with Gasteiger partial charge < -0.3 is 15.8 Å². The summed E-state index contributed by atoms with van der Waals surface area (Å²) in [6.45, 7) is 4.17. The molecule has 4 N–H and O–H groups in total. The number of hydrogen-bond donors (Lipinski definition) is 3. The number of hydrogen-bond acceptors (Lipinski definition) is 4. The molecule has 0 aromatic rings. The first-order valence-corrected chi connectivity index (χ1v) is 10.3. The molecule has 1 saturated heterocycles. The number of nitrogens with two attached hydrogens (primary N) is 1. The van der Waals surface area contributed by atoms with Gasteiger partial charge >= 0.3 is 0 Å². The number of guanidine groups is 1. The molecule has 0 spiro atoms. The van der Waals surface area contributed by atoms with Crippen molar-refractivity contribution in [3.8, 4) is 0 Å². The molecule has 23 heavy (non-hydrogen) atoms. The third-order valence-electron chi connectivity index (χ3n) is 3.78. The van der Waals surface area contributed by atoms with Gasteiger partial charge in [0, 0.05) is 26.2 Å². The molecule has 0 aromatic carbocycles. The van der Waals surface area contributed by atoms with Crippen LogP contribution in [0.25, 0.3) is 0 Å². The van der Waals surface area contributed by atoms with E-state index in [0.29, 0.717) is 19.0 Å². The fourth-order valence-corrected chi connectivity index (χ4v) is 3.32. The maximum atomic E-state index is 11.9. The van der Waals surface area contributed by atoms with Crippen molar-refractivity contribution in [2.24, 2.45) is 10.7 Å². The van der Waals surface area contributed by atoms with E-state index in [0.717, 1.165) is 38.7 Å². The Balaban J connectivity index is 2.13. The van der Waals surface area contributed by atoms with Crippen LogP contribution < -0.4 is 15.8 Å². The average molecular weight is 349 g/mol. The molecule has 1 aliphatic heterocycles. The van der Waals surface area contributed by atoms with Gasteiger partial charge in [-0.25, -0.2) is 13.1 Å². The van der Waals surface area contributed by atoms with Crippen LogP contribution in [-0.4, -0.2) is 52.5 Å². The molecule has 1 unspecified atom stereocenters. The first kappa shape index (κ1) is 20.2. The first-order chi connectivity index (χ1) is 11.0. The number of ether oxygens (including phenoxy) is 1. The van der Waals surface area contributed by atoms with Crippen LogP contribution in [0.5, 0.6) is 0 Å². The van der Waals surface area contributed by atoms with E-state index in [1.807, 2.05) is 0 Å². The lowest BCUT2D eigenvalue weighted by molar-refractivity contribution is 0.0200. The molecule has 1 atom stereocenters. The van der Waals surface area contributed by atoms with E-state index in [9.17, 15) is 8.42 Å². The van der Waals surface area contributed by atoms with Gasteiger partial charge in [-0.3, -0.25) is 4.99 Å². The summed E-state index contributed by atoms with van der Waals surface area (Å²) >= 11 is 0. The zero-order valence-corrected chi connectivity index (χ0v) is 15.0. The van der Waals surface area contributed by atoms with Gasteiger partial charge in [-0.15, -0.1) is 0 Å². The Hall–Kier alpha value is -0.860. The molecule has 7 nitrogen and oxygen atoms in total. The van der Waals surface area contributed by atoms with Crippen LogP contribution in [0.3, 0.4) is 0 Å². The third-order valence-corrected chi connectivity index (χ3v) is 5.12. The van der Waals surface area contributed by atoms with Crippen molar-refractivity contribution >= 4 is 16.0 Å².